The number of aryl methyl sites for hydroxylation is 1. The number of nitrogens with zero attached hydrogens (tertiary/aromatic N) is 3. The molecule has 1 aromatic heterocycles. The van der Waals surface area contributed by atoms with E-state index >= 15 is 0 Å². The van der Waals surface area contributed by atoms with E-state index in [9.17, 15) is 22.4 Å². The smallest absolute Gasteiger partial charge is 0.253 e. The highest BCUT2D eigenvalue weighted by Crippen LogP contribution is 2.26. The predicted molar refractivity (Wildman–Crippen MR) is 125 cm³/mol. The van der Waals surface area contributed by atoms with Gasteiger partial charge in [0.25, 0.3) is 5.91 Å². The summed E-state index contributed by atoms with van der Waals surface area (Å²) in [5.41, 5.74) is 0.878. The van der Waals surface area contributed by atoms with E-state index in [4.69, 9.17) is 0 Å². The van der Waals surface area contributed by atoms with E-state index in [1.807, 2.05) is 13.0 Å². The van der Waals surface area contributed by atoms with E-state index in [2.05, 4.69) is 10.3 Å². The van der Waals surface area contributed by atoms with Crippen molar-refractivity contribution in [2.45, 2.75) is 43.9 Å². The van der Waals surface area contributed by atoms with Crippen molar-refractivity contribution in [1.29, 1.82) is 0 Å². The summed E-state index contributed by atoms with van der Waals surface area (Å²) in [4.78, 5) is 31.3. The van der Waals surface area contributed by atoms with Gasteiger partial charge in [0.15, 0.2) is 0 Å². The van der Waals surface area contributed by atoms with Crippen molar-refractivity contribution < 1.29 is 22.4 Å². The summed E-state index contributed by atoms with van der Waals surface area (Å²) in [7, 11) is -4.03. The van der Waals surface area contributed by atoms with Crippen LogP contribution in [0.2, 0.25) is 0 Å². The van der Waals surface area contributed by atoms with Gasteiger partial charge in [0.1, 0.15) is 16.5 Å². The van der Waals surface area contributed by atoms with Gasteiger partial charge in [0.2, 0.25) is 15.9 Å². The van der Waals surface area contributed by atoms with E-state index in [-0.39, 0.29) is 18.0 Å². The molecule has 1 aromatic carbocycles. The number of carbonyl (C=O) groups excluding carboxylic acids is 2. The molecule has 2 fully saturated rings. The van der Waals surface area contributed by atoms with Crippen molar-refractivity contribution in [2.24, 2.45) is 5.92 Å². The number of nitrogens with one attached hydrogen (secondary N) is 1. The lowest BCUT2D eigenvalue weighted by Gasteiger charge is -2.32. The number of pyridine rings is 1. The first-order valence-corrected chi connectivity index (χ1v) is 13.0. The largest absolute Gasteiger partial charge is 0.338 e. The Hall–Kier alpha value is -2.85. The van der Waals surface area contributed by atoms with Crippen LogP contribution < -0.4 is 5.32 Å². The molecule has 0 unspecified atom stereocenters. The maximum Gasteiger partial charge on any atom is 0.253 e. The average Bonchev–Trinajstić information content (AvgIpc) is 2.84. The van der Waals surface area contributed by atoms with Crippen molar-refractivity contribution in [2.75, 3.05) is 31.5 Å². The third-order valence-corrected chi connectivity index (χ3v) is 8.24. The van der Waals surface area contributed by atoms with Crippen LogP contribution in [-0.2, 0) is 14.8 Å². The molecule has 0 aliphatic carbocycles. The van der Waals surface area contributed by atoms with Gasteiger partial charge in [-0.05, 0) is 62.9 Å². The Morgan fingerprint density at radius 1 is 1.06 bits per heavy atom. The zero-order valence-corrected chi connectivity index (χ0v) is 20.0. The highest BCUT2D eigenvalue weighted by atomic mass is 32.2. The molecular weight excluding hydrogens is 459 g/mol. The molecule has 4 rings (SSSR count). The van der Waals surface area contributed by atoms with Gasteiger partial charge in [-0.1, -0.05) is 12.5 Å². The summed E-state index contributed by atoms with van der Waals surface area (Å²) in [5.74, 6) is -1.47. The van der Waals surface area contributed by atoms with Gasteiger partial charge < -0.3 is 10.2 Å². The number of rotatable bonds is 5. The number of hydrogen-bond donors (Lipinski definition) is 1. The fraction of sp³-hybridized carbons (Fsp3) is 0.458. The van der Waals surface area contributed by atoms with Crippen molar-refractivity contribution >= 4 is 27.7 Å². The number of sulfonamides is 1. The average molecular weight is 489 g/mol. The van der Waals surface area contributed by atoms with Crippen LogP contribution >= 0.6 is 0 Å². The molecule has 2 saturated heterocycles. The molecule has 34 heavy (non-hydrogen) atoms. The molecule has 10 heteroatoms. The number of piperidine rings is 2. The van der Waals surface area contributed by atoms with Gasteiger partial charge in [0.05, 0.1) is 5.92 Å². The molecule has 0 bridgehead atoms. The van der Waals surface area contributed by atoms with Gasteiger partial charge in [-0.25, -0.2) is 17.8 Å². The van der Waals surface area contributed by atoms with Crippen LogP contribution in [0.15, 0.2) is 41.3 Å². The third-order valence-electron chi connectivity index (χ3n) is 6.33. The van der Waals surface area contributed by atoms with Crippen LogP contribution in [0.5, 0.6) is 0 Å². The topological polar surface area (TPSA) is 99.7 Å². The second-order valence-electron chi connectivity index (χ2n) is 8.85. The van der Waals surface area contributed by atoms with E-state index in [1.54, 1.807) is 12.1 Å². The van der Waals surface area contributed by atoms with Crippen LogP contribution in [0.25, 0.3) is 0 Å². The van der Waals surface area contributed by atoms with Crippen LogP contribution in [0.4, 0.5) is 10.2 Å². The Labute approximate surface area is 199 Å². The summed E-state index contributed by atoms with van der Waals surface area (Å²) in [6, 6.07) is 8.80. The van der Waals surface area contributed by atoms with Gasteiger partial charge >= 0.3 is 0 Å². The number of likely N-dealkylation sites (tertiary alicyclic amines) is 1. The molecule has 3 heterocycles. The highest BCUT2D eigenvalue weighted by Gasteiger charge is 2.32. The standard InChI is InChI=1S/C24H29FN4O4S/c1-17-7-5-9-22(26-17)27-23(30)19-8-6-12-28(16-19)24(31)18-10-11-20(25)21(15-18)34(32,33)29-13-3-2-4-14-29/h5,7,9-11,15,19H,2-4,6,8,12-14,16H2,1H3,(H,26,27,30)/t19-/m0/s1. The number of amides is 2. The molecule has 1 atom stereocenters. The van der Waals surface area contributed by atoms with Gasteiger partial charge in [-0.15, -0.1) is 0 Å². The SMILES string of the molecule is Cc1cccc(NC(=O)[C@H]2CCCN(C(=O)c3ccc(F)c(S(=O)(=O)N4CCCCC4)c3)C2)n1. The summed E-state index contributed by atoms with van der Waals surface area (Å²) >= 11 is 0. The molecule has 2 aromatic rings. The van der Waals surface area contributed by atoms with Crippen LogP contribution in [0.3, 0.4) is 0 Å². The van der Waals surface area contributed by atoms with Crippen LogP contribution in [-0.4, -0.2) is 60.6 Å². The summed E-state index contributed by atoms with van der Waals surface area (Å²) < 4.78 is 41.8. The minimum Gasteiger partial charge on any atom is -0.338 e. The Morgan fingerprint density at radius 2 is 1.82 bits per heavy atom. The molecule has 1 N–H and O–H groups in total. The van der Waals surface area contributed by atoms with E-state index in [1.165, 1.54) is 15.3 Å². The zero-order valence-electron chi connectivity index (χ0n) is 19.2. The quantitative estimate of drug-likeness (QED) is 0.697. The Bertz CT molecular complexity index is 1180. The molecule has 182 valence electrons. The summed E-state index contributed by atoms with van der Waals surface area (Å²) in [5, 5.41) is 2.80. The van der Waals surface area contributed by atoms with Crippen LogP contribution in [0.1, 0.15) is 48.2 Å². The number of halogens is 1. The summed E-state index contributed by atoms with van der Waals surface area (Å²) in [6.07, 6.45) is 3.66. The normalized spacial score (nSPS) is 19.6. The third kappa shape index (κ3) is 5.28. The Balaban J connectivity index is 1.49. The number of anilines is 1. The lowest BCUT2D eigenvalue weighted by Crippen LogP contribution is -2.44. The molecule has 8 nitrogen and oxygen atoms in total. The summed E-state index contributed by atoms with van der Waals surface area (Å²) in [6.45, 7) is 3.16. The number of hydrogen-bond acceptors (Lipinski definition) is 5. The Kier molecular flexibility index (Phi) is 7.27. The number of carbonyl (C=O) groups is 2. The maximum atomic E-state index is 14.5. The lowest BCUT2D eigenvalue weighted by molar-refractivity contribution is -0.121. The monoisotopic (exact) mass is 488 g/mol. The van der Waals surface area contributed by atoms with Crippen LogP contribution in [0, 0.1) is 18.7 Å². The molecule has 2 amide bonds. The zero-order chi connectivity index (χ0) is 24.3. The molecule has 0 saturated carbocycles. The van der Waals surface area contributed by atoms with Crippen molar-refractivity contribution in [1.82, 2.24) is 14.2 Å². The highest BCUT2D eigenvalue weighted by molar-refractivity contribution is 7.89. The van der Waals surface area contributed by atoms with E-state index < -0.39 is 32.6 Å². The first-order chi connectivity index (χ1) is 16.3. The molecule has 0 spiro atoms. The number of benzene rings is 1. The molecular formula is C24H29FN4O4S. The second-order valence-corrected chi connectivity index (χ2v) is 10.8. The fourth-order valence-electron chi connectivity index (χ4n) is 4.48. The molecule has 2 aliphatic rings. The van der Waals surface area contributed by atoms with Gasteiger partial charge in [-0.3, -0.25) is 9.59 Å². The second kappa shape index (κ2) is 10.2. The van der Waals surface area contributed by atoms with Crippen molar-refractivity contribution in [3.63, 3.8) is 0 Å². The minimum atomic E-state index is -4.03. The van der Waals surface area contributed by atoms with Gasteiger partial charge in [0, 0.05) is 37.4 Å². The molecule has 2 aliphatic heterocycles. The minimum absolute atomic E-state index is 0.0957. The first-order valence-electron chi connectivity index (χ1n) is 11.6. The lowest BCUT2D eigenvalue weighted by atomic mass is 9.96. The molecule has 0 radical (unpaired) electrons. The predicted octanol–water partition coefficient (Wildman–Crippen LogP) is 3.19. The van der Waals surface area contributed by atoms with E-state index in [0.29, 0.717) is 38.3 Å². The van der Waals surface area contributed by atoms with Crippen molar-refractivity contribution in [3.05, 3.63) is 53.5 Å². The van der Waals surface area contributed by atoms with Crippen molar-refractivity contribution in [3.8, 4) is 0 Å². The van der Waals surface area contributed by atoms with E-state index in [0.717, 1.165) is 37.1 Å². The Morgan fingerprint density at radius 3 is 2.56 bits per heavy atom. The number of aromatic nitrogens is 1. The fourth-order valence-corrected chi connectivity index (χ4v) is 6.08. The van der Waals surface area contributed by atoms with Gasteiger partial charge in [-0.2, -0.15) is 4.31 Å². The maximum absolute atomic E-state index is 14.5. The first kappa shape index (κ1) is 24.3.